The number of amides is 1. The quantitative estimate of drug-likeness (QED) is 0.609. The summed E-state index contributed by atoms with van der Waals surface area (Å²) in [6, 6.07) is 9.70. The highest BCUT2D eigenvalue weighted by Crippen LogP contribution is 2.28. The van der Waals surface area contributed by atoms with E-state index >= 15 is 0 Å². The smallest absolute Gasteiger partial charge is 0.341 e. The molecule has 0 aliphatic carbocycles. The Balaban J connectivity index is 2.06. The maximum absolute atomic E-state index is 12.5. The molecule has 0 aromatic heterocycles. The molecule has 9 nitrogen and oxygen atoms in total. The Hall–Kier alpha value is -2.98. The van der Waals surface area contributed by atoms with E-state index in [1.165, 1.54) is 41.3 Å². The number of nitrogens with one attached hydrogen (secondary N) is 1. The lowest BCUT2D eigenvalue weighted by Crippen LogP contribution is -2.27. The van der Waals surface area contributed by atoms with Gasteiger partial charge in [-0.2, -0.15) is 0 Å². The van der Waals surface area contributed by atoms with E-state index in [4.69, 9.17) is 26.2 Å². The van der Waals surface area contributed by atoms with E-state index in [2.05, 4.69) is 4.72 Å². The topological polar surface area (TPSA) is 122 Å². The van der Waals surface area contributed by atoms with Crippen LogP contribution in [0.1, 0.15) is 0 Å². The van der Waals surface area contributed by atoms with Crippen molar-refractivity contribution in [3.05, 3.63) is 47.5 Å². The zero-order valence-corrected chi connectivity index (χ0v) is 17.2. The van der Waals surface area contributed by atoms with Crippen molar-refractivity contribution < 1.29 is 32.6 Å². The number of rotatable bonds is 9. The van der Waals surface area contributed by atoms with Crippen molar-refractivity contribution in [2.45, 2.75) is 4.90 Å². The van der Waals surface area contributed by atoms with Crippen LogP contribution < -0.4 is 14.2 Å². The molecule has 0 unspecified atom stereocenters. The number of hydrogen-bond acceptors (Lipinski definition) is 6. The number of anilines is 1. The van der Waals surface area contributed by atoms with Crippen LogP contribution in [-0.4, -0.2) is 57.6 Å². The molecule has 29 heavy (non-hydrogen) atoms. The molecule has 2 N–H and O–H groups in total. The normalized spacial score (nSPS) is 10.9. The van der Waals surface area contributed by atoms with Crippen molar-refractivity contribution in [3.8, 4) is 11.5 Å². The average molecular weight is 443 g/mol. The standard InChI is InChI=1S/C18H19ClN2O7S/c1-21(2)17(22)10-27-13-5-3-12(4-6-13)20-29(25,26)14-7-8-16(15(19)9-14)28-11-18(23)24/h3-9,20H,10-11H2,1-2H3,(H,23,24). The minimum Gasteiger partial charge on any atom is -0.484 e. The molecule has 0 heterocycles. The molecule has 2 aromatic rings. The molecule has 0 radical (unpaired) electrons. The number of likely N-dealkylation sites (N-methyl/N-ethyl adjacent to an activating group) is 1. The van der Waals surface area contributed by atoms with Gasteiger partial charge in [-0.25, -0.2) is 13.2 Å². The van der Waals surface area contributed by atoms with Crippen molar-refractivity contribution in [1.29, 1.82) is 0 Å². The molecule has 0 saturated heterocycles. The molecule has 0 aliphatic rings. The Kier molecular flexibility index (Phi) is 7.29. The second-order valence-corrected chi connectivity index (χ2v) is 8.07. The van der Waals surface area contributed by atoms with Gasteiger partial charge in [0.05, 0.1) is 9.92 Å². The minimum absolute atomic E-state index is 0.0385. The summed E-state index contributed by atoms with van der Waals surface area (Å²) in [6.45, 7) is -0.731. The van der Waals surface area contributed by atoms with E-state index in [1.807, 2.05) is 0 Å². The number of nitrogens with zero attached hydrogens (tertiary/aromatic N) is 1. The van der Waals surface area contributed by atoms with E-state index in [1.54, 1.807) is 14.1 Å². The predicted molar refractivity (Wildman–Crippen MR) is 106 cm³/mol. The summed E-state index contributed by atoms with van der Waals surface area (Å²) in [5.74, 6) is -0.923. The molecule has 1 amide bonds. The molecule has 156 valence electrons. The first-order chi connectivity index (χ1) is 13.6. The number of hydrogen-bond donors (Lipinski definition) is 2. The Morgan fingerprint density at radius 2 is 1.72 bits per heavy atom. The van der Waals surface area contributed by atoms with E-state index in [9.17, 15) is 18.0 Å². The highest BCUT2D eigenvalue weighted by atomic mass is 35.5. The number of aliphatic carboxylic acids is 1. The van der Waals surface area contributed by atoms with Gasteiger partial charge in [0.15, 0.2) is 13.2 Å². The lowest BCUT2D eigenvalue weighted by atomic mass is 10.3. The number of carbonyl (C=O) groups is 2. The Morgan fingerprint density at radius 3 is 2.28 bits per heavy atom. The first kappa shape index (κ1) is 22.3. The van der Waals surface area contributed by atoms with Crippen LogP contribution in [0.2, 0.25) is 5.02 Å². The summed E-state index contributed by atoms with van der Waals surface area (Å²) in [7, 11) is -0.718. The van der Waals surface area contributed by atoms with Gasteiger partial charge in [0.1, 0.15) is 11.5 Å². The first-order valence-electron chi connectivity index (χ1n) is 8.18. The van der Waals surface area contributed by atoms with Crippen LogP contribution in [0.5, 0.6) is 11.5 Å². The third-order valence-corrected chi connectivity index (χ3v) is 5.21. The molecule has 11 heteroatoms. The van der Waals surface area contributed by atoms with Crippen LogP contribution in [0.15, 0.2) is 47.4 Å². The molecule has 0 aliphatic heterocycles. The molecule has 2 rings (SSSR count). The molecule has 2 aromatic carbocycles. The molecule has 0 atom stereocenters. The van der Waals surface area contributed by atoms with Crippen molar-refractivity contribution in [2.24, 2.45) is 0 Å². The number of ether oxygens (including phenoxy) is 2. The molecule has 0 fully saturated rings. The summed E-state index contributed by atoms with van der Waals surface area (Å²) >= 11 is 5.97. The van der Waals surface area contributed by atoms with Crippen molar-refractivity contribution in [2.75, 3.05) is 32.0 Å². The maximum atomic E-state index is 12.5. The van der Waals surface area contributed by atoms with Gasteiger partial charge in [-0.1, -0.05) is 11.6 Å². The van der Waals surface area contributed by atoms with Crippen molar-refractivity contribution in [3.63, 3.8) is 0 Å². The number of carboxylic acids is 1. The van der Waals surface area contributed by atoms with E-state index in [0.717, 1.165) is 6.07 Å². The molecular formula is C18H19ClN2O7S. The molecular weight excluding hydrogens is 424 g/mol. The maximum Gasteiger partial charge on any atom is 0.341 e. The summed E-state index contributed by atoms with van der Waals surface area (Å²) in [4.78, 5) is 23.3. The molecule has 0 bridgehead atoms. The van der Waals surface area contributed by atoms with Gasteiger partial charge >= 0.3 is 5.97 Å². The van der Waals surface area contributed by atoms with E-state index in [0.29, 0.717) is 5.75 Å². The summed E-state index contributed by atoms with van der Waals surface area (Å²) < 4.78 is 37.7. The second-order valence-electron chi connectivity index (χ2n) is 5.98. The lowest BCUT2D eigenvalue weighted by Gasteiger charge is -2.12. The van der Waals surface area contributed by atoms with Gasteiger partial charge in [0.2, 0.25) is 0 Å². The van der Waals surface area contributed by atoms with Crippen LogP contribution >= 0.6 is 11.6 Å². The number of carboxylic acid groups (broad SMARTS) is 1. The number of benzene rings is 2. The average Bonchev–Trinajstić information content (AvgIpc) is 2.65. The zero-order valence-electron chi connectivity index (χ0n) is 15.6. The summed E-state index contributed by atoms with van der Waals surface area (Å²) in [5, 5.41) is 8.58. The van der Waals surface area contributed by atoms with Gasteiger partial charge in [-0.05, 0) is 42.5 Å². The monoisotopic (exact) mass is 442 g/mol. The van der Waals surface area contributed by atoms with Crippen molar-refractivity contribution >= 4 is 39.2 Å². The van der Waals surface area contributed by atoms with Crippen LogP contribution in [-0.2, 0) is 19.6 Å². The van der Waals surface area contributed by atoms with E-state index in [-0.39, 0.29) is 33.9 Å². The third kappa shape index (κ3) is 6.54. The zero-order chi connectivity index (χ0) is 21.6. The molecule has 0 saturated carbocycles. The van der Waals surface area contributed by atoms with Crippen LogP contribution in [0.25, 0.3) is 0 Å². The second kappa shape index (κ2) is 9.48. The number of halogens is 1. The van der Waals surface area contributed by atoms with E-state index < -0.39 is 22.6 Å². The Morgan fingerprint density at radius 1 is 1.07 bits per heavy atom. The van der Waals surface area contributed by atoms with Crippen molar-refractivity contribution in [1.82, 2.24) is 4.90 Å². The van der Waals surface area contributed by atoms with Crippen LogP contribution in [0.3, 0.4) is 0 Å². The Labute approximate surface area is 172 Å². The fourth-order valence-corrected chi connectivity index (χ4v) is 3.40. The van der Waals surface area contributed by atoms with Gasteiger partial charge in [0.25, 0.3) is 15.9 Å². The van der Waals surface area contributed by atoms with Gasteiger partial charge in [0, 0.05) is 19.8 Å². The molecule has 0 spiro atoms. The largest absolute Gasteiger partial charge is 0.484 e. The lowest BCUT2D eigenvalue weighted by molar-refractivity contribution is -0.139. The fraction of sp³-hybridized carbons (Fsp3) is 0.222. The third-order valence-electron chi connectivity index (χ3n) is 3.53. The van der Waals surface area contributed by atoms with Crippen LogP contribution in [0, 0.1) is 0 Å². The summed E-state index contributed by atoms with van der Waals surface area (Å²) in [6.07, 6.45) is 0. The summed E-state index contributed by atoms with van der Waals surface area (Å²) in [5.41, 5.74) is 0.276. The number of sulfonamides is 1. The predicted octanol–water partition coefficient (Wildman–Crippen LogP) is 2.07. The van der Waals surface area contributed by atoms with Gasteiger partial charge in [-0.15, -0.1) is 0 Å². The SMILES string of the molecule is CN(C)C(=O)COc1ccc(NS(=O)(=O)c2ccc(OCC(=O)O)c(Cl)c2)cc1. The first-order valence-corrected chi connectivity index (χ1v) is 10.0. The fourth-order valence-electron chi connectivity index (χ4n) is 2.01. The highest BCUT2D eigenvalue weighted by Gasteiger charge is 2.17. The number of carbonyl (C=O) groups excluding carboxylic acids is 1. The Bertz CT molecular complexity index is 992. The van der Waals surface area contributed by atoms with Gasteiger partial charge < -0.3 is 19.5 Å². The minimum atomic E-state index is -3.94. The van der Waals surface area contributed by atoms with Gasteiger partial charge in [-0.3, -0.25) is 9.52 Å². The van der Waals surface area contributed by atoms with Crippen LogP contribution in [0.4, 0.5) is 5.69 Å². The highest BCUT2D eigenvalue weighted by molar-refractivity contribution is 7.92.